The Labute approximate surface area is 197 Å². The third-order valence-electron chi connectivity index (χ3n) is 8.40. The van der Waals surface area contributed by atoms with Crippen molar-refractivity contribution in [2.45, 2.75) is 14.3 Å². The van der Waals surface area contributed by atoms with Gasteiger partial charge in [-0.15, -0.1) is 0 Å². The monoisotopic (exact) mass is 592 g/mol. The van der Waals surface area contributed by atoms with Gasteiger partial charge in [0.1, 0.15) is 0 Å². The summed E-state index contributed by atoms with van der Waals surface area (Å²) in [4.78, 5) is 0. The molecule has 0 fully saturated rings. The third-order valence-corrected chi connectivity index (χ3v) is 37.8. The maximum atomic E-state index is 2.72. The Kier molecular flexibility index (Phi) is 4.92. The van der Waals surface area contributed by atoms with Crippen molar-refractivity contribution in [1.82, 2.24) is 0 Å². The summed E-state index contributed by atoms with van der Waals surface area (Å²) in [6.07, 6.45) is 9.82. The fourth-order valence-corrected chi connectivity index (χ4v) is 36.8. The van der Waals surface area contributed by atoms with Crippen molar-refractivity contribution in [3.05, 3.63) is 144 Å². The van der Waals surface area contributed by atoms with Gasteiger partial charge in [0.25, 0.3) is 0 Å². The first-order chi connectivity index (χ1) is 16.3. The summed E-state index contributed by atoms with van der Waals surface area (Å²) in [7, 11) is 0. The van der Waals surface area contributed by atoms with Gasteiger partial charge in [-0.1, -0.05) is 0 Å². The first kappa shape index (κ1) is 20.7. The van der Waals surface area contributed by atoms with Gasteiger partial charge in [-0.2, -0.15) is 0 Å². The quantitative estimate of drug-likeness (QED) is 0.233. The van der Waals surface area contributed by atoms with Crippen LogP contribution in [0.1, 0.15) is 36.5 Å². The van der Waals surface area contributed by atoms with Gasteiger partial charge in [-0.05, 0) is 0 Å². The van der Waals surface area contributed by atoms with Crippen molar-refractivity contribution in [3.63, 3.8) is 0 Å². The van der Waals surface area contributed by atoms with Crippen LogP contribution in [-0.4, -0.2) is 3.76 Å². The van der Waals surface area contributed by atoms with Crippen LogP contribution in [0.4, 0.5) is 0 Å². The van der Waals surface area contributed by atoms with Crippen molar-refractivity contribution in [3.8, 4) is 0 Å². The van der Waals surface area contributed by atoms with Gasteiger partial charge in [0.2, 0.25) is 0 Å². The summed E-state index contributed by atoms with van der Waals surface area (Å²) >= 11 is -4.52. The zero-order chi connectivity index (χ0) is 22.3. The van der Waals surface area contributed by atoms with Crippen molar-refractivity contribution < 1.29 is 18.0 Å². The van der Waals surface area contributed by atoms with Crippen LogP contribution in [-0.2, 0) is 18.0 Å². The second kappa shape index (κ2) is 7.85. The molecule has 6 rings (SSSR count). The molecule has 0 radical (unpaired) electrons. The third kappa shape index (κ3) is 2.69. The Hall–Kier alpha value is -2.90. The minimum absolute atomic E-state index is 0.369. The van der Waals surface area contributed by atoms with E-state index in [9.17, 15) is 0 Å². The first-order valence-electron chi connectivity index (χ1n) is 11.9. The van der Waals surface area contributed by atoms with Crippen molar-refractivity contribution in [2.24, 2.45) is 0 Å². The van der Waals surface area contributed by atoms with Gasteiger partial charge >= 0.3 is 198 Å². The Balaban J connectivity index is 1.83. The molecule has 0 bridgehead atoms. The molecule has 1 heteroatoms. The van der Waals surface area contributed by atoms with E-state index in [0.29, 0.717) is 7.35 Å². The average Bonchev–Trinajstić information content (AvgIpc) is 3.53. The van der Waals surface area contributed by atoms with Crippen LogP contribution in [0.25, 0.3) is 12.2 Å². The molecule has 0 N–H and O–H groups in total. The Bertz CT molecular complexity index is 1340. The zero-order valence-corrected chi connectivity index (χ0v) is 22.5. The van der Waals surface area contributed by atoms with E-state index in [0.717, 1.165) is 0 Å². The molecule has 0 saturated carbocycles. The van der Waals surface area contributed by atoms with E-state index in [4.69, 9.17) is 0 Å². The van der Waals surface area contributed by atoms with E-state index in [1.807, 2.05) is 0 Å². The standard InChI is InChI=1S/2C9H7.2C6H5.C2H4.Hf/c2*1-2-5-9-7-3-6-8(9)4-1;2*1-2-4-6-5-3-1;1-2;/h2*1-7H;2*1-5H;1H,2H3;. The van der Waals surface area contributed by atoms with Gasteiger partial charge in [-0.25, -0.2) is 0 Å². The van der Waals surface area contributed by atoms with Crippen LogP contribution < -0.4 is 6.64 Å². The Morgan fingerprint density at radius 1 is 0.515 bits per heavy atom. The number of hydrogen-bond acceptors (Lipinski definition) is 0. The number of allylic oxidation sites excluding steroid dienone is 2. The normalized spacial score (nSPS) is 18.7. The molecule has 2 aliphatic carbocycles. The summed E-state index contributed by atoms with van der Waals surface area (Å²) < 4.78 is 6.54. The molecule has 4 aromatic rings. The van der Waals surface area contributed by atoms with E-state index in [1.165, 1.54) is 22.3 Å². The van der Waals surface area contributed by atoms with Crippen LogP contribution in [0.2, 0.25) is 0 Å². The molecule has 2 atom stereocenters. The summed E-state index contributed by atoms with van der Waals surface area (Å²) in [5.41, 5.74) is 5.71. The van der Waals surface area contributed by atoms with Gasteiger partial charge in [0.15, 0.2) is 0 Å². The van der Waals surface area contributed by atoms with E-state index < -0.39 is 18.0 Å². The van der Waals surface area contributed by atoms with E-state index in [2.05, 4.69) is 144 Å². The number of hydrogen-bond donors (Lipinski definition) is 0. The van der Waals surface area contributed by atoms with Crippen molar-refractivity contribution >= 4 is 22.6 Å². The van der Waals surface area contributed by atoms with Crippen molar-refractivity contribution in [1.29, 1.82) is 0 Å². The molecule has 0 nitrogen and oxygen atoms in total. The van der Waals surface area contributed by atoms with E-state index in [-0.39, 0.29) is 0 Å². The van der Waals surface area contributed by atoms with E-state index in [1.54, 1.807) is 6.64 Å². The van der Waals surface area contributed by atoms with Crippen LogP contribution in [0.5, 0.6) is 0 Å². The van der Waals surface area contributed by atoms with Crippen LogP contribution in [0, 0.1) is 0 Å². The molecule has 0 heterocycles. The zero-order valence-electron chi connectivity index (χ0n) is 18.9. The van der Waals surface area contributed by atoms with Gasteiger partial charge < -0.3 is 0 Å². The van der Waals surface area contributed by atoms with Gasteiger partial charge in [-0.3, -0.25) is 0 Å². The Morgan fingerprint density at radius 2 is 0.909 bits per heavy atom. The van der Waals surface area contributed by atoms with Gasteiger partial charge in [0, 0.05) is 0 Å². The molecule has 2 unspecified atom stereocenters. The molecule has 0 amide bonds. The van der Waals surface area contributed by atoms with Crippen molar-refractivity contribution in [2.75, 3.05) is 0 Å². The van der Waals surface area contributed by atoms with Crippen LogP contribution in [0.15, 0.2) is 121 Å². The molecule has 0 saturated heterocycles. The second-order valence-corrected chi connectivity index (χ2v) is 30.8. The molecule has 0 aromatic heterocycles. The topological polar surface area (TPSA) is 0 Å². The van der Waals surface area contributed by atoms with Crippen LogP contribution in [0.3, 0.4) is 0 Å². The Morgan fingerprint density at radius 3 is 1.33 bits per heavy atom. The van der Waals surface area contributed by atoms with Gasteiger partial charge in [0.05, 0.1) is 0 Å². The SMILES string of the molecule is C[CH]=[Hf]([c]1ccccc1)([c]1ccccc1)([CH]1C=Cc2ccccc21)[CH]1C=Cc2ccccc21. The average molecular weight is 591 g/mol. The summed E-state index contributed by atoms with van der Waals surface area (Å²) in [5.74, 6) is 0. The fourth-order valence-electron chi connectivity index (χ4n) is 6.97. The molecule has 160 valence electrons. The number of benzene rings is 4. The number of fused-ring (bicyclic) bond motifs is 2. The molecule has 0 spiro atoms. The minimum atomic E-state index is -4.52. The second-order valence-electron chi connectivity index (χ2n) is 9.44. The number of rotatable bonds is 4. The summed E-state index contributed by atoms with van der Waals surface area (Å²) in [6.45, 7) is 2.36. The predicted octanol–water partition coefficient (Wildman–Crippen LogP) is 6.69. The van der Waals surface area contributed by atoms with Crippen LogP contribution >= 0.6 is 0 Å². The molecule has 4 aromatic carbocycles. The van der Waals surface area contributed by atoms with E-state index >= 15 is 0 Å². The molecule has 33 heavy (non-hydrogen) atoms. The maximum absolute atomic E-state index is 4.52. The molecular weight excluding hydrogens is 563 g/mol. The predicted molar refractivity (Wildman–Crippen MR) is 140 cm³/mol. The fraction of sp³-hybridized carbons (Fsp3) is 0.0938. The summed E-state index contributed by atoms with van der Waals surface area (Å²) in [6, 6.07) is 41.1. The first-order valence-corrected chi connectivity index (χ1v) is 21.7. The summed E-state index contributed by atoms with van der Waals surface area (Å²) in [5, 5.41) is 0. The molecule has 2 aliphatic rings. The molecular formula is C32H28Hf. The molecule has 0 aliphatic heterocycles.